The number of nitrogens with one attached hydrogen (secondary N) is 1. The Kier molecular flexibility index (Phi) is 14.4. The standard InChI is InChI=1S/C31H29N3O3.C11H24O2/c1-22-10-6-9-15-29(22)37-34(27-12-4-3-5-13-27)32-26-18-16-24(17-19-26)20-30(36)33-21-25-11-7-8-14-28(25)31(33)23(2)35;1-4-5-10(8-11(12)13)7-6-9(2)3/h3-19,31-32H,20-21H2,1-2H3;9-13H,4-8H2,1-3H3. The Morgan fingerprint density at radius 1 is 0.880 bits per heavy atom. The molecule has 5 rings (SSSR count). The summed E-state index contributed by atoms with van der Waals surface area (Å²) in [5, 5.41) is 19.4. The summed E-state index contributed by atoms with van der Waals surface area (Å²) in [5.41, 5.74) is 8.82. The molecule has 1 amide bonds. The number of rotatable bonds is 15. The smallest absolute Gasteiger partial charge is 0.228 e. The summed E-state index contributed by atoms with van der Waals surface area (Å²) in [4.78, 5) is 33.5. The maximum absolute atomic E-state index is 13.2. The monoisotopic (exact) mass is 679 g/mol. The number of hydrogen-bond acceptors (Lipinski definition) is 7. The lowest BCUT2D eigenvalue weighted by molar-refractivity contribution is -0.138. The predicted octanol–water partition coefficient (Wildman–Crippen LogP) is 8.58. The lowest BCUT2D eigenvalue weighted by Crippen LogP contribution is -2.34. The van der Waals surface area contributed by atoms with Crippen molar-refractivity contribution in [1.82, 2.24) is 4.90 Å². The quantitative estimate of drug-likeness (QED) is 0.0855. The molecule has 0 radical (unpaired) electrons. The molecule has 0 saturated carbocycles. The van der Waals surface area contributed by atoms with Crippen LogP contribution in [0.1, 0.15) is 88.1 Å². The Bertz CT molecular complexity index is 1640. The van der Waals surface area contributed by atoms with Gasteiger partial charge in [0, 0.05) is 13.0 Å². The van der Waals surface area contributed by atoms with Gasteiger partial charge in [-0.05, 0) is 78.3 Å². The fourth-order valence-electron chi connectivity index (χ4n) is 6.26. The summed E-state index contributed by atoms with van der Waals surface area (Å²) in [6.45, 7) is 10.6. The van der Waals surface area contributed by atoms with Gasteiger partial charge in [0.15, 0.2) is 17.8 Å². The molecule has 0 bridgehead atoms. The average Bonchev–Trinajstić information content (AvgIpc) is 3.50. The van der Waals surface area contributed by atoms with E-state index in [1.54, 1.807) is 17.0 Å². The van der Waals surface area contributed by atoms with Crippen molar-refractivity contribution in [3.63, 3.8) is 0 Å². The zero-order valence-corrected chi connectivity index (χ0v) is 30.1. The van der Waals surface area contributed by atoms with Crippen LogP contribution in [0.2, 0.25) is 0 Å². The Hall–Kier alpha value is -4.66. The Balaban J connectivity index is 0.000000369. The van der Waals surface area contributed by atoms with Crippen molar-refractivity contribution in [3.8, 4) is 5.75 Å². The van der Waals surface area contributed by atoms with Crippen molar-refractivity contribution in [2.45, 2.75) is 92.0 Å². The third-order valence-electron chi connectivity index (χ3n) is 8.91. The fraction of sp³-hybridized carbons (Fsp3) is 0.381. The SMILES string of the molecule is CC(=O)C1c2ccccc2CN1C(=O)Cc1ccc(NN(Oc2ccccc2C)c2ccccc2)cc1.CCCC(CCC(C)C)CC(O)O. The van der Waals surface area contributed by atoms with Gasteiger partial charge in [0.05, 0.1) is 17.8 Å². The van der Waals surface area contributed by atoms with Gasteiger partial charge in [-0.25, -0.2) is 0 Å². The summed E-state index contributed by atoms with van der Waals surface area (Å²) < 4.78 is 0. The van der Waals surface area contributed by atoms with E-state index in [-0.39, 0.29) is 18.1 Å². The highest BCUT2D eigenvalue weighted by molar-refractivity contribution is 5.91. The first-order valence-corrected chi connectivity index (χ1v) is 17.7. The molecule has 1 aliphatic heterocycles. The van der Waals surface area contributed by atoms with Crippen molar-refractivity contribution in [2.75, 3.05) is 10.6 Å². The molecule has 4 aromatic rings. The first-order chi connectivity index (χ1) is 24.0. The van der Waals surface area contributed by atoms with Gasteiger partial charge in [-0.1, -0.05) is 119 Å². The van der Waals surface area contributed by atoms with Crippen molar-refractivity contribution in [3.05, 3.63) is 125 Å². The van der Waals surface area contributed by atoms with Crippen LogP contribution in [0, 0.1) is 18.8 Å². The largest absolute Gasteiger partial charge is 0.368 e. The van der Waals surface area contributed by atoms with E-state index in [0.717, 1.165) is 64.6 Å². The predicted molar refractivity (Wildman–Crippen MR) is 200 cm³/mol. The lowest BCUT2D eigenvalue weighted by atomic mass is 9.91. The van der Waals surface area contributed by atoms with E-state index in [0.29, 0.717) is 18.9 Å². The van der Waals surface area contributed by atoms with E-state index in [2.05, 4.69) is 26.2 Å². The fourth-order valence-corrected chi connectivity index (χ4v) is 6.26. The third kappa shape index (κ3) is 11.2. The second-order valence-electron chi connectivity index (χ2n) is 13.5. The maximum atomic E-state index is 13.2. The van der Waals surface area contributed by atoms with Crippen LogP contribution in [-0.2, 0) is 22.6 Å². The zero-order valence-electron chi connectivity index (χ0n) is 30.1. The molecule has 2 atom stereocenters. The summed E-state index contributed by atoms with van der Waals surface area (Å²) in [6, 6.07) is 32.5. The van der Waals surface area contributed by atoms with Crippen LogP contribution in [0.3, 0.4) is 0 Å². The van der Waals surface area contributed by atoms with Gasteiger partial charge in [0.1, 0.15) is 6.04 Å². The Morgan fingerprint density at radius 3 is 2.18 bits per heavy atom. The van der Waals surface area contributed by atoms with Crippen molar-refractivity contribution >= 4 is 23.1 Å². The first kappa shape index (κ1) is 38.1. The minimum atomic E-state index is -1.12. The van der Waals surface area contributed by atoms with Crippen molar-refractivity contribution < 1.29 is 24.6 Å². The molecule has 0 fully saturated rings. The third-order valence-corrected chi connectivity index (χ3v) is 8.91. The van der Waals surface area contributed by atoms with Crippen LogP contribution in [0.15, 0.2) is 103 Å². The van der Waals surface area contributed by atoms with Gasteiger partial charge in [0.2, 0.25) is 5.91 Å². The number of hydrogen-bond donors (Lipinski definition) is 3. The van der Waals surface area contributed by atoms with Crippen molar-refractivity contribution in [1.29, 1.82) is 0 Å². The molecule has 266 valence electrons. The van der Waals surface area contributed by atoms with E-state index in [1.807, 2.05) is 110 Å². The molecule has 8 nitrogen and oxygen atoms in total. The van der Waals surface area contributed by atoms with Crippen LogP contribution in [0.25, 0.3) is 0 Å². The summed E-state index contributed by atoms with van der Waals surface area (Å²) >= 11 is 0. The number of fused-ring (bicyclic) bond motifs is 1. The topological polar surface area (TPSA) is 102 Å². The second-order valence-corrected chi connectivity index (χ2v) is 13.5. The molecule has 2 unspecified atom stereocenters. The molecule has 0 spiro atoms. The minimum Gasteiger partial charge on any atom is -0.368 e. The highest BCUT2D eigenvalue weighted by Gasteiger charge is 2.36. The van der Waals surface area contributed by atoms with Gasteiger partial charge in [-0.2, -0.15) is 0 Å². The van der Waals surface area contributed by atoms with E-state index < -0.39 is 12.3 Å². The number of aryl methyl sites for hydroxylation is 1. The summed E-state index contributed by atoms with van der Waals surface area (Å²) in [7, 11) is 0. The highest BCUT2D eigenvalue weighted by atomic mass is 16.7. The normalized spacial score (nSPS) is 14.1. The molecular weight excluding hydrogens is 626 g/mol. The molecule has 3 N–H and O–H groups in total. The van der Waals surface area contributed by atoms with Gasteiger partial charge in [-0.15, -0.1) is 5.17 Å². The molecule has 0 saturated heterocycles. The number of Topliss-reactive ketones (excluding diaryl/α,β-unsaturated/α-hetero) is 1. The number of carbonyl (C=O) groups excluding carboxylic acids is 2. The number of hydrazine groups is 1. The minimum absolute atomic E-state index is 0.0208. The molecule has 4 aromatic carbocycles. The maximum Gasteiger partial charge on any atom is 0.228 e. The number of aliphatic hydroxyl groups is 2. The van der Waals surface area contributed by atoms with Crippen LogP contribution >= 0.6 is 0 Å². The van der Waals surface area contributed by atoms with Gasteiger partial charge >= 0.3 is 0 Å². The number of aliphatic hydroxyl groups excluding tert-OH is 1. The second kappa shape index (κ2) is 18.9. The Morgan fingerprint density at radius 2 is 1.54 bits per heavy atom. The van der Waals surface area contributed by atoms with E-state index in [1.165, 1.54) is 6.42 Å². The number of ketones is 1. The number of para-hydroxylation sites is 2. The van der Waals surface area contributed by atoms with Crippen LogP contribution in [0.4, 0.5) is 11.4 Å². The van der Waals surface area contributed by atoms with E-state index >= 15 is 0 Å². The van der Waals surface area contributed by atoms with Gasteiger partial charge < -0.3 is 20.0 Å². The summed E-state index contributed by atoms with van der Waals surface area (Å²) in [6.07, 6.45) is 4.21. The van der Waals surface area contributed by atoms with Gasteiger partial charge in [0.25, 0.3) is 0 Å². The highest BCUT2D eigenvalue weighted by Crippen LogP contribution is 2.35. The molecule has 50 heavy (non-hydrogen) atoms. The van der Waals surface area contributed by atoms with E-state index in [9.17, 15) is 9.59 Å². The van der Waals surface area contributed by atoms with Crippen LogP contribution in [-0.4, -0.2) is 33.1 Å². The first-order valence-electron chi connectivity index (χ1n) is 17.7. The number of anilines is 2. The average molecular weight is 680 g/mol. The molecule has 8 heteroatoms. The molecule has 1 aliphatic rings. The van der Waals surface area contributed by atoms with Crippen LogP contribution < -0.4 is 15.4 Å². The molecule has 0 aromatic heterocycles. The lowest BCUT2D eigenvalue weighted by Gasteiger charge is -2.26. The van der Waals surface area contributed by atoms with Gasteiger partial charge in [-0.3, -0.25) is 15.0 Å². The van der Waals surface area contributed by atoms with Crippen LogP contribution in [0.5, 0.6) is 5.75 Å². The summed E-state index contributed by atoms with van der Waals surface area (Å²) in [5.74, 6) is 1.87. The number of amides is 1. The molecule has 0 aliphatic carbocycles. The number of nitrogens with zero attached hydrogens (tertiary/aromatic N) is 2. The van der Waals surface area contributed by atoms with Crippen molar-refractivity contribution in [2.24, 2.45) is 11.8 Å². The number of carbonyl (C=O) groups is 2. The molecular formula is C42H53N3O5. The molecule has 1 heterocycles. The number of benzene rings is 4. The Labute approximate surface area is 297 Å². The zero-order chi connectivity index (χ0) is 36.0. The van der Waals surface area contributed by atoms with E-state index in [4.69, 9.17) is 15.1 Å².